The number of hydrogen-bond acceptors (Lipinski definition) is 4. The molecule has 0 aliphatic rings. The van der Waals surface area contributed by atoms with Gasteiger partial charge in [0.2, 0.25) is 0 Å². The minimum atomic E-state index is -3.28. The molecule has 1 heterocycles. The second kappa shape index (κ2) is 4.86. The van der Waals surface area contributed by atoms with Gasteiger partial charge in [0.25, 0.3) is 0 Å². The number of nitrogens with two attached hydrogens (primary N) is 1. The number of para-hydroxylation sites is 1. The lowest BCUT2D eigenvalue weighted by atomic mass is 10.00. The molecule has 0 bridgehead atoms. The van der Waals surface area contributed by atoms with E-state index in [2.05, 4.69) is 4.98 Å². The Morgan fingerprint density at radius 2 is 2.00 bits per heavy atom. The smallest absolute Gasteiger partial charge is 0.177 e. The van der Waals surface area contributed by atoms with E-state index in [1.807, 2.05) is 31.5 Å². The van der Waals surface area contributed by atoms with Gasteiger partial charge in [0.15, 0.2) is 9.84 Å². The van der Waals surface area contributed by atoms with Crippen molar-refractivity contribution in [2.24, 2.45) is 12.8 Å². The highest BCUT2D eigenvalue weighted by atomic mass is 32.2. The first-order valence-corrected chi connectivity index (χ1v) is 8.42. The molecule has 2 rings (SSSR count). The van der Waals surface area contributed by atoms with Crippen molar-refractivity contribution in [3.8, 4) is 0 Å². The van der Waals surface area contributed by atoms with E-state index in [0.717, 1.165) is 24.2 Å². The minimum Gasteiger partial charge on any atom is -0.331 e. The average molecular weight is 295 g/mol. The molecule has 0 fully saturated rings. The van der Waals surface area contributed by atoms with Crippen LogP contribution in [-0.2, 0) is 23.3 Å². The fourth-order valence-corrected chi connectivity index (χ4v) is 3.02. The number of rotatable bonds is 4. The highest BCUT2D eigenvalue weighted by Crippen LogP contribution is 2.24. The largest absolute Gasteiger partial charge is 0.331 e. The number of sulfone groups is 1. The number of aryl methyl sites for hydroxylation is 2. The average Bonchev–Trinajstić information content (AvgIpc) is 2.62. The summed E-state index contributed by atoms with van der Waals surface area (Å²) in [6, 6.07) is 5.23. The summed E-state index contributed by atoms with van der Waals surface area (Å²) in [4.78, 5) is 4.79. The summed E-state index contributed by atoms with van der Waals surface area (Å²) in [5.74, 6) is 0.856. The van der Waals surface area contributed by atoms with E-state index in [9.17, 15) is 8.42 Å². The number of hydrogen-bond donors (Lipinski definition) is 1. The Morgan fingerprint density at radius 3 is 2.55 bits per heavy atom. The summed E-state index contributed by atoms with van der Waals surface area (Å²) in [7, 11) is -1.37. The molecule has 0 amide bonds. The molecule has 20 heavy (non-hydrogen) atoms. The molecule has 2 aromatic rings. The van der Waals surface area contributed by atoms with Crippen LogP contribution in [0.5, 0.6) is 0 Å². The molecular formula is C14H21N3O2S. The van der Waals surface area contributed by atoms with E-state index in [0.29, 0.717) is 5.52 Å². The van der Waals surface area contributed by atoms with Crippen LogP contribution >= 0.6 is 0 Å². The predicted molar refractivity (Wildman–Crippen MR) is 80.4 cm³/mol. The van der Waals surface area contributed by atoms with Gasteiger partial charge in [0.1, 0.15) is 11.3 Å². The zero-order valence-corrected chi connectivity index (χ0v) is 13.2. The molecule has 0 spiro atoms. The molecule has 1 aromatic carbocycles. The van der Waals surface area contributed by atoms with Gasteiger partial charge in [-0.1, -0.05) is 6.07 Å². The quantitative estimate of drug-likeness (QED) is 0.930. The molecule has 0 aliphatic heterocycles. The molecular weight excluding hydrogens is 274 g/mol. The Labute approximate surface area is 119 Å². The van der Waals surface area contributed by atoms with Gasteiger partial charge in [-0.2, -0.15) is 0 Å². The van der Waals surface area contributed by atoms with E-state index in [1.54, 1.807) is 12.1 Å². The molecule has 6 heteroatoms. The maximum atomic E-state index is 11.8. The summed E-state index contributed by atoms with van der Waals surface area (Å²) in [6.45, 7) is 3.94. The minimum absolute atomic E-state index is 0.266. The topological polar surface area (TPSA) is 78.0 Å². The Balaban J connectivity index is 2.53. The van der Waals surface area contributed by atoms with E-state index < -0.39 is 9.84 Å². The van der Waals surface area contributed by atoms with Crippen LogP contribution in [-0.4, -0.2) is 29.8 Å². The van der Waals surface area contributed by atoms with Crippen LogP contribution in [0.2, 0.25) is 0 Å². The van der Waals surface area contributed by atoms with Gasteiger partial charge in [-0.05, 0) is 32.4 Å². The van der Waals surface area contributed by atoms with Gasteiger partial charge < -0.3 is 10.3 Å². The van der Waals surface area contributed by atoms with Gasteiger partial charge in [-0.3, -0.25) is 0 Å². The number of aromatic nitrogens is 2. The van der Waals surface area contributed by atoms with Crippen molar-refractivity contribution in [3.63, 3.8) is 0 Å². The zero-order valence-electron chi connectivity index (χ0n) is 12.3. The van der Waals surface area contributed by atoms with Crippen molar-refractivity contribution < 1.29 is 8.42 Å². The number of imidazole rings is 1. The second-order valence-electron chi connectivity index (χ2n) is 5.97. The number of nitrogens with zero attached hydrogens (tertiary/aromatic N) is 2. The first kappa shape index (κ1) is 15.0. The molecule has 0 atom stereocenters. The molecule has 0 radical (unpaired) electrons. The second-order valence-corrected chi connectivity index (χ2v) is 7.96. The third-order valence-electron chi connectivity index (χ3n) is 3.36. The SMILES string of the molecule is Cn1c(CCC(C)(C)N)nc2c(S(C)(=O)=O)cccc21. The summed E-state index contributed by atoms with van der Waals surface area (Å²) in [5, 5.41) is 0. The third-order valence-corrected chi connectivity index (χ3v) is 4.49. The lowest BCUT2D eigenvalue weighted by Crippen LogP contribution is -2.32. The van der Waals surface area contributed by atoms with Gasteiger partial charge in [0.05, 0.1) is 10.4 Å². The Morgan fingerprint density at radius 1 is 1.35 bits per heavy atom. The van der Waals surface area contributed by atoms with Crippen molar-refractivity contribution in [3.05, 3.63) is 24.0 Å². The highest BCUT2D eigenvalue weighted by Gasteiger charge is 2.18. The zero-order chi connectivity index (χ0) is 15.1. The fourth-order valence-electron chi connectivity index (χ4n) is 2.19. The number of fused-ring (bicyclic) bond motifs is 1. The summed E-state index contributed by atoms with van der Waals surface area (Å²) < 4.78 is 25.6. The van der Waals surface area contributed by atoms with Crippen LogP contribution in [0.3, 0.4) is 0 Å². The monoisotopic (exact) mass is 295 g/mol. The Kier molecular flexibility index (Phi) is 3.64. The molecule has 0 saturated heterocycles. The Hall–Kier alpha value is -1.40. The third kappa shape index (κ3) is 3.02. The summed E-state index contributed by atoms with van der Waals surface area (Å²) >= 11 is 0. The van der Waals surface area contributed by atoms with Crippen molar-refractivity contribution in [1.29, 1.82) is 0 Å². The van der Waals surface area contributed by atoms with Crippen LogP contribution in [0.15, 0.2) is 23.1 Å². The first-order chi connectivity index (χ1) is 9.09. The molecule has 5 nitrogen and oxygen atoms in total. The van der Waals surface area contributed by atoms with Gasteiger partial charge in [-0.15, -0.1) is 0 Å². The standard InChI is InChI=1S/C14H21N3O2S/c1-14(2,15)9-8-12-16-13-10(17(12)3)6-5-7-11(13)20(4,18)19/h5-7H,8-9,15H2,1-4H3. The van der Waals surface area contributed by atoms with E-state index in [4.69, 9.17) is 5.73 Å². The summed E-state index contributed by atoms with van der Waals surface area (Å²) in [6.07, 6.45) is 2.72. The van der Waals surface area contributed by atoms with E-state index in [-0.39, 0.29) is 10.4 Å². The molecule has 0 saturated carbocycles. The van der Waals surface area contributed by atoms with Crippen molar-refractivity contribution in [2.75, 3.05) is 6.26 Å². The van der Waals surface area contributed by atoms with Crippen LogP contribution in [0, 0.1) is 0 Å². The highest BCUT2D eigenvalue weighted by molar-refractivity contribution is 7.91. The van der Waals surface area contributed by atoms with E-state index >= 15 is 0 Å². The molecule has 0 unspecified atom stereocenters. The van der Waals surface area contributed by atoms with Crippen LogP contribution in [0.25, 0.3) is 11.0 Å². The van der Waals surface area contributed by atoms with E-state index in [1.165, 1.54) is 6.26 Å². The lowest BCUT2D eigenvalue weighted by Gasteiger charge is -2.17. The molecule has 0 aliphatic carbocycles. The molecule has 110 valence electrons. The van der Waals surface area contributed by atoms with Crippen LogP contribution < -0.4 is 5.73 Å². The van der Waals surface area contributed by atoms with Gasteiger partial charge in [0, 0.05) is 25.3 Å². The van der Waals surface area contributed by atoms with Crippen LogP contribution in [0.1, 0.15) is 26.1 Å². The van der Waals surface area contributed by atoms with Gasteiger partial charge in [-0.25, -0.2) is 13.4 Å². The maximum absolute atomic E-state index is 11.8. The van der Waals surface area contributed by atoms with Crippen molar-refractivity contribution in [2.45, 2.75) is 37.1 Å². The lowest BCUT2D eigenvalue weighted by molar-refractivity contribution is 0.468. The first-order valence-electron chi connectivity index (χ1n) is 6.53. The Bertz CT molecular complexity index is 740. The van der Waals surface area contributed by atoms with Crippen LogP contribution in [0.4, 0.5) is 0 Å². The summed E-state index contributed by atoms with van der Waals surface area (Å²) in [5.41, 5.74) is 7.10. The van der Waals surface area contributed by atoms with Crippen molar-refractivity contribution >= 4 is 20.9 Å². The number of benzene rings is 1. The van der Waals surface area contributed by atoms with Gasteiger partial charge >= 0.3 is 0 Å². The fraction of sp³-hybridized carbons (Fsp3) is 0.500. The van der Waals surface area contributed by atoms with Crippen molar-refractivity contribution in [1.82, 2.24) is 9.55 Å². The molecule has 2 N–H and O–H groups in total. The predicted octanol–water partition coefficient (Wildman–Crippen LogP) is 1.65. The normalized spacial score (nSPS) is 13.1. The maximum Gasteiger partial charge on any atom is 0.177 e. The molecule has 1 aromatic heterocycles.